The van der Waals surface area contributed by atoms with Crippen LogP contribution in [-0.4, -0.2) is 24.5 Å². The summed E-state index contributed by atoms with van der Waals surface area (Å²) in [6.45, 7) is 2.36. The molecule has 6 heteroatoms. The number of halogens is 1. The van der Waals surface area contributed by atoms with Crippen molar-refractivity contribution in [2.45, 2.75) is 6.92 Å². The van der Waals surface area contributed by atoms with E-state index in [-0.39, 0.29) is 23.1 Å². The van der Waals surface area contributed by atoms with Crippen molar-refractivity contribution in [3.05, 3.63) is 27.1 Å². The lowest BCUT2D eigenvalue weighted by molar-refractivity contribution is -0.119. The summed E-state index contributed by atoms with van der Waals surface area (Å²) < 4.78 is 0.712. The second kappa shape index (κ2) is 5.81. The van der Waals surface area contributed by atoms with Crippen molar-refractivity contribution in [2.24, 2.45) is 5.92 Å². The van der Waals surface area contributed by atoms with Gasteiger partial charge in [0.15, 0.2) is 0 Å². The summed E-state index contributed by atoms with van der Waals surface area (Å²) in [4.78, 5) is 25.5. The van der Waals surface area contributed by atoms with Crippen molar-refractivity contribution in [3.8, 4) is 0 Å². The SMILES string of the molecule is CNCC(C)C(=O)Nc1cc(Br)c[nH]c1=O. The summed E-state index contributed by atoms with van der Waals surface area (Å²) in [6, 6.07) is 1.57. The van der Waals surface area contributed by atoms with Crippen LogP contribution in [0.4, 0.5) is 5.69 Å². The van der Waals surface area contributed by atoms with Crippen LogP contribution in [0.2, 0.25) is 0 Å². The fourth-order valence-electron chi connectivity index (χ4n) is 1.21. The van der Waals surface area contributed by atoms with E-state index in [2.05, 4.69) is 31.5 Å². The Hall–Kier alpha value is -1.14. The van der Waals surface area contributed by atoms with Crippen LogP contribution in [0.3, 0.4) is 0 Å². The molecular weight excluding hydrogens is 274 g/mol. The molecule has 0 saturated heterocycles. The lowest BCUT2D eigenvalue weighted by Crippen LogP contribution is -2.30. The summed E-state index contributed by atoms with van der Waals surface area (Å²) in [5.74, 6) is -0.374. The van der Waals surface area contributed by atoms with E-state index in [1.54, 1.807) is 20.0 Å². The van der Waals surface area contributed by atoms with Crippen LogP contribution in [-0.2, 0) is 4.79 Å². The van der Waals surface area contributed by atoms with Gasteiger partial charge in [0.05, 0.1) is 0 Å². The second-order valence-electron chi connectivity index (χ2n) is 3.51. The van der Waals surface area contributed by atoms with Gasteiger partial charge >= 0.3 is 0 Å². The molecule has 3 N–H and O–H groups in total. The largest absolute Gasteiger partial charge is 0.326 e. The highest BCUT2D eigenvalue weighted by Gasteiger charge is 2.13. The van der Waals surface area contributed by atoms with Crippen molar-refractivity contribution >= 4 is 27.5 Å². The molecule has 1 rings (SSSR count). The summed E-state index contributed by atoms with van der Waals surface area (Å²) >= 11 is 3.22. The number of nitrogens with one attached hydrogen (secondary N) is 3. The molecule has 0 saturated carbocycles. The fraction of sp³-hybridized carbons (Fsp3) is 0.400. The number of aromatic nitrogens is 1. The Morgan fingerprint density at radius 2 is 2.31 bits per heavy atom. The van der Waals surface area contributed by atoms with Gasteiger partial charge in [-0.1, -0.05) is 6.92 Å². The highest BCUT2D eigenvalue weighted by atomic mass is 79.9. The van der Waals surface area contributed by atoms with Gasteiger partial charge in [-0.05, 0) is 29.0 Å². The van der Waals surface area contributed by atoms with Gasteiger partial charge in [-0.25, -0.2) is 0 Å². The van der Waals surface area contributed by atoms with Gasteiger partial charge in [0.2, 0.25) is 5.91 Å². The first-order chi connectivity index (χ1) is 7.54. The normalized spacial score (nSPS) is 12.2. The molecule has 0 spiro atoms. The van der Waals surface area contributed by atoms with Crippen molar-refractivity contribution in [1.29, 1.82) is 0 Å². The molecule has 0 aromatic carbocycles. The quantitative estimate of drug-likeness (QED) is 0.771. The van der Waals surface area contributed by atoms with Crippen molar-refractivity contribution in [3.63, 3.8) is 0 Å². The number of anilines is 1. The van der Waals surface area contributed by atoms with E-state index in [9.17, 15) is 9.59 Å². The number of hydrogen-bond acceptors (Lipinski definition) is 3. The van der Waals surface area contributed by atoms with E-state index in [0.717, 1.165) is 0 Å². The monoisotopic (exact) mass is 287 g/mol. The molecular formula is C10H14BrN3O2. The van der Waals surface area contributed by atoms with E-state index in [1.807, 2.05) is 0 Å². The molecule has 1 atom stereocenters. The van der Waals surface area contributed by atoms with Gasteiger partial charge in [-0.3, -0.25) is 9.59 Å². The predicted molar refractivity (Wildman–Crippen MR) is 66.5 cm³/mol. The average molecular weight is 288 g/mol. The molecule has 0 bridgehead atoms. The number of pyridine rings is 1. The molecule has 0 radical (unpaired) electrons. The van der Waals surface area contributed by atoms with E-state index in [1.165, 1.54) is 6.20 Å². The third-order valence-corrected chi connectivity index (χ3v) is 2.54. The van der Waals surface area contributed by atoms with E-state index in [0.29, 0.717) is 11.0 Å². The Balaban J connectivity index is 2.76. The van der Waals surface area contributed by atoms with Crippen LogP contribution >= 0.6 is 15.9 Å². The second-order valence-corrected chi connectivity index (χ2v) is 4.42. The lowest BCUT2D eigenvalue weighted by atomic mass is 10.1. The number of aromatic amines is 1. The molecule has 88 valence electrons. The minimum atomic E-state index is -0.312. The van der Waals surface area contributed by atoms with E-state index < -0.39 is 0 Å². The van der Waals surface area contributed by atoms with Gasteiger partial charge in [0.1, 0.15) is 5.69 Å². The number of rotatable bonds is 4. The van der Waals surface area contributed by atoms with Gasteiger partial charge in [-0.2, -0.15) is 0 Å². The highest BCUT2D eigenvalue weighted by molar-refractivity contribution is 9.10. The maximum atomic E-state index is 11.6. The number of carbonyl (C=O) groups excluding carboxylic acids is 1. The topological polar surface area (TPSA) is 74.0 Å². The van der Waals surface area contributed by atoms with Crippen molar-refractivity contribution in [2.75, 3.05) is 18.9 Å². The maximum Gasteiger partial charge on any atom is 0.271 e. The number of hydrogen-bond donors (Lipinski definition) is 3. The zero-order valence-electron chi connectivity index (χ0n) is 9.13. The number of H-pyrrole nitrogens is 1. The van der Waals surface area contributed by atoms with Crippen molar-refractivity contribution in [1.82, 2.24) is 10.3 Å². The van der Waals surface area contributed by atoms with E-state index in [4.69, 9.17) is 0 Å². The molecule has 0 aliphatic rings. The van der Waals surface area contributed by atoms with E-state index >= 15 is 0 Å². The minimum Gasteiger partial charge on any atom is -0.326 e. The molecule has 1 amide bonds. The Morgan fingerprint density at radius 3 is 2.94 bits per heavy atom. The van der Waals surface area contributed by atoms with Gasteiger partial charge in [0, 0.05) is 23.1 Å². The first-order valence-electron chi connectivity index (χ1n) is 4.88. The van der Waals surface area contributed by atoms with Crippen LogP contribution in [0.15, 0.2) is 21.5 Å². The standard InChI is InChI=1S/C10H14BrN3O2/c1-6(4-12-2)9(15)14-8-3-7(11)5-13-10(8)16/h3,5-6,12H,4H2,1-2H3,(H,13,16)(H,14,15). The highest BCUT2D eigenvalue weighted by Crippen LogP contribution is 2.10. The Bertz CT molecular complexity index is 430. The zero-order valence-corrected chi connectivity index (χ0v) is 10.7. The van der Waals surface area contributed by atoms with Crippen LogP contribution in [0, 0.1) is 5.92 Å². The molecule has 5 nitrogen and oxygen atoms in total. The van der Waals surface area contributed by atoms with Gasteiger partial charge in [0.25, 0.3) is 5.56 Å². The molecule has 1 aromatic rings. The Morgan fingerprint density at radius 1 is 1.62 bits per heavy atom. The lowest BCUT2D eigenvalue weighted by Gasteiger charge is -2.10. The number of amides is 1. The van der Waals surface area contributed by atoms with Crippen LogP contribution in [0.5, 0.6) is 0 Å². The third kappa shape index (κ3) is 3.46. The Kier molecular flexibility index (Phi) is 4.70. The first-order valence-corrected chi connectivity index (χ1v) is 5.67. The summed E-state index contributed by atoms with van der Waals surface area (Å²) in [7, 11) is 1.77. The van der Waals surface area contributed by atoms with Gasteiger partial charge < -0.3 is 15.6 Å². The first kappa shape index (κ1) is 12.9. The Labute approximate surface area is 102 Å². The molecule has 1 unspecified atom stereocenters. The smallest absolute Gasteiger partial charge is 0.271 e. The average Bonchev–Trinajstić information content (AvgIpc) is 2.23. The molecule has 1 heterocycles. The molecule has 1 aromatic heterocycles. The summed E-state index contributed by atoms with van der Waals surface area (Å²) in [6.07, 6.45) is 1.52. The third-order valence-electron chi connectivity index (χ3n) is 2.08. The number of carbonyl (C=O) groups is 1. The molecule has 0 aliphatic heterocycles. The predicted octanol–water partition coefficient (Wildman–Crippen LogP) is 0.931. The van der Waals surface area contributed by atoms with Crippen molar-refractivity contribution < 1.29 is 4.79 Å². The maximum absolute atomic E-state index is 11.6. The fourth-order valence-corrected chi connectivity index (χ4v) is 1.55. The van der Waals surface area contributed by atoms with Crippen LogP contribution in [0.1, 0.15) is 6.92 Å². The zero-order chi connectivity index (χ0) is 12.1. The van der Waals surface area contributed by atoms with Gasteiger partial charge in [-0.15, -0.1) is 0 Å². The van der Waals surface area contributed by atoms with Crippen LogP contribution in [0.25, 0.3) is 0 Å². The summed E-state index contributed by atoms with van der Waals surface area (Å²) in [5.41, 5.74) is -0.0597. The minimum absolute atomic E-state index is 0.182. The molecule has 16 heavy (non-hydrogen) atoms. The van der Waals surface area contributed by atoms with Crippen LogP contribution < -0.4 is 16.2 Å². The summed E-state index contributed by atoms with van der Waals surface area (Å²) in [5, 5.41) is 5.49. The molecule has 0 fully saturated rings. The molecule has 0 aliphatic carbocycles.